The molecule has 0 saturated carbocycles. The van der Waals surface area contributed by atoms with Gasteiger partial charge in [0.1, 0.15) is 4.21 Å². The molecule has 0 spiro atoms. The maximum absolute atomic E-state index is 12.7. The number of hydrogen-bond acceptors (Lipinski definition) is 5. The molecule has 3 aromatic rings. The Morgan fingerprint density at radius 3 is 2.26 bits per heavy atom. The van der Waals surface area contributed by atoms with Crippen LogP contribution in [0.5, 0.6) is 0 Å². The molecule has 0 atom stereocenters. The largest absolute Gasteiger partial charge is 0.280 e. The van der Waals surface area contributed by atoms with E-state index in [2.05, 4.69) is 9.44 Å². The summed E-state index contributed by atoms with van der Waals surface area (Å²) in [6.45, 7) is 3.57. The van der Waals surface area contributed by atoms with E-state index in [0.717, 1.165) is 16.9 Å². The molecule has 0 aliphatic heterocycles. The summed E-state index contributed by atoms with van der Waals surface area (Å²) in [5, 5.41) is 1.66. The van der Waals surface area contributed by atoms with Gasteiger partial charge in [0.25, 0.3) is 20.0 Å². The molecular weight excluding hydrogens is 404 g/mol. The van der Waals surface area contributed by atoms with Crippen LogP contribution in [0, 0.1) is 13.8 Å². The van der Waals surface area contributed by atoms with Crippen LogP contribution >= 0.6 is 11.3 Å². The van der Waals surface area contributed by atoms with Gasteiger partial charge in [-0.05, 0) is 60.7 Å². The number of benzene rings is 2. The molecule has 142 valence electrons. The highest BCUT2D eigenvalue weighted by Crippen LogP contribution is 2.26. The SMILES string of the molecule is Cc1cccc(NS(=O)(=O)c2ccc(C)c(NS(=O)(=O)c3cccs3)c2)c1. The van der Waals surface area contributed by atoms with Crippen molar-refractivity contribution in [1.82, 2.24) is 0 Å². The Hall–Kier alpha value is -2.36. The van der Waals surface area contributed by atoms with Gasteiger partial charge in [0, 0.05) is 5.69 Å². The van der Waals surface area contributed by atoms with Gasteiger partial charge in [0.05, 0.1) is 10.6 Å². The van der Waals surface area contributed by atoms with Crippen LogP contribution in [-0.4, -0.2) is 16.8 Å². The van der Waals surface area contributed by atoms with Crippen molar-refractivity contribution < 1.29 is 16.8 Å². The van der Waals surface area contributed by atoms with E-state index in [9.17, 15) is 16.8 Å². The summed E-state index contributed by atoms with van der Waals surface area (Å²) in [5.74, 6) is 0. The fourth-order valence-corrected chi connectivity index (χ4v) is 5.60. The number of thiophene rings is 1. The molecule has 0 amide bonds. The summed E-state index contributed by atoms with van der Waals surface area (Å²) in [7, 11) is -7.63. The highest BCUT2D eigenvalue weighted by Gasteiger charge is 2.20. The minimum absolute atomic E-state index is 0.0292. The number of nitrogens with one attached hydrogen (secondary N) is 2. The van der Waals surface area contributed by atoms with Gasteiger partial charge >= 0.3 is 0 Å². The normalized spacial score (nSPS) is 11.9. The molecule has 0 unspecified atom stereocenters. The molecule has 1 heterocycles. The van der Waals surface area contributed by atoms with Crippen LogP contribution in [0.15, 0.2) is 69.1 Å². The molecule has 2 aromatic carbocycles. The summed E-state index contributed by atoms with van der Waals surface area (Å²) in [6.07, 6.45) is 0. The fraction of sp³-hybridized carbons (Fsp3) is 0.111. The van der Waals surface area contributed by atoms with Crippen molar-refractivity contribution in [3.63, 3.8) is 0 Å². The fourth-order valence-electron chi connectivity index (χ4n) is 2.41. The zero-order valence-corrected chi connectivity index (χ0v) is 17.1. The van der Waals surface area contributed by atoms with E-state index < -0.39 is 20.0 Å². The van der Waals surface area contributed by atoms with Crippen LogP contribution in [0.25, 0.3) is 0 Å². The molecule has 0 fully saturated rings. The third kappa shape index (κ3) is 4.49. The Morgan fingerprint density at radius 2 is 1.59 bits per heavy atom. The predicted octanol–water partition coefficient (Wildman–Crippen LogP) is 3.97. The van der Waals surface area contributed by atoms with Crippen molar-refractivity contribution in [3.8, 4) is 0 Å². The van der Waals surface area contributed by atoms with Gasteiger partial charge in [-0.15, -0.1) is 11.3 Å². The van der Waals surface area contributed by atoms with E-state index in [0.29, 0.717) is 11.3 Å². The summed E-state index contributed by atoms with van der Waals surface area (Å²) < 4.78 is 55.4. The Bertz CT molecular complexity index is 1170. The first-order chi connectivity index (χ1) is 12.7. The Kier molecular flexibility index (Phi) is 5.27. The first kappa shape index (κ1) is 19.4. The topological polar surface area (TPSA) is 92.3 Å². The second kappa shape index (κ2) is 7.34. The van der Waals surface area contributed by atoms with Crippen LogP contribution in [0.4, 0.5) is 11.4 Å². The van der Waals surface area contributed by atoms with Gasteiger partial charge in [-0.1, -0.05) is 24.3 Å². The number of sulfonamides is 2. The second-order valence-corrected chi connectivity index (χ2v) is 10.5. The first-order valence-corrected chi connectivity index (χ1v) is 11.8. The third-order valence-corrected chi connectivity index (χ3v) is 7.94. The lowest BCUT2D eigenvalue weighted by molar-refractivity contribution is 0.599. The molecule has 1 aromatic heterocycles. The van der Waals surface area contributed by atoms with E-state index in [-0.39, 0.29) is 14.8 Å². The van der Waals surface area contributed by atoms with E-state index in [1.165, 1.54) is 18.2 Å². The van der Waals surface area contributed by atoms with Crippen LogP contribution in [0.1, 0.15) is 11.1 Å². The number of rotatable bonds is 6. The van der Waals surface area contributed by atoms with Gasteiger partial charge < -0.3 is 0 Å². The average molecular weight is 423 g/mol. The molecule has 0 aliphatic carbocycles. The smallest absolute Gasteiger partial charge is 0.271 e. The zero-order valence-electron chi connectivity index (χ0n) is 14.6. The maximum Gasteiger partial charge on any atom is 0.271 e. The summed E-state index contributed by atoms with van der Waals surface area (Å²) in [5.41, 5.74) is 2.19. The van der Waals surface area contributed by atoms with Crippen molar-refractivity contribution in [2.45, 2.75) is 23.0 Å². The summed E-state index contributed by atoms with van der Waals surface area (Å²) in [4.78, 5) is -0.0292. The average Bonchev–Trinajstić information content (AvgIpc) is 3.11. The monoisotopic (exact) mass is 422 g/mol. The lowest BCUT2D eigenvalue weighted by atomic mass is 10.2. The molecule has 27 heavy (non-hydrogen) atoms. The minimum atomic E-state index is -3.86. The van der Waals surface area contributed by atoms with Crippen LogP contribution < -0.4 is 9.44 Å². The molecule has 2 N–H and O–H groups in total. The van der Waals surface area contributed by atoms with Crippen molar-refractivity contribution in [2.75, 3.05) is 9.44 Å². The van der Waals surface area contributed by atoms with Gasteiger partial charge in [-0.2, -0.15) is 0 Å². The van der Waals surface area contributed by atoms with Crippen LogP contribution in [-0.2, 0) is 20.0 Å². The van der Waals surface area contributed by atoms with Crippen molar-refractivity contribution in [1.29, 1.82) is 0 Å². The summed E-state index contributed by atoms with van der Waals surface area (Å²) >= 11 is 1.09. The second-order valence-electron chi connectivity index (χ2n) is 5.99. The van der Waals surface area contributed by atoms with Gasteiger partial charge in [0.2, 0.25) is 0 Å². The van der Waals surface area contributed by atoms with E-state index in [1.54, 1.807) is 42.6 Å². The highest BCUT2D eigenvalue weighted by atomic mass is 32.2. The molecule has 3 rings (SSSR count). The number of hydrogen-bond donors (Lipinski definition) is 2. The van der Waals surface area contributed by atoms with E-state index in [4.69, 9.17) is 0 Å². The van der Waals surface area contributed by atoms with Gasteiger partial charge in [-0.25, -0.2) is 16.8 Å². The van der Waals surface area contributed by atoms with E-state index >= 15 is 0 Å². The first-order valence-electron chi connectivity index (χ1n) is 7.94. The lowest BCUT2D eigenvalue weighted by Gasteiger charge is -2.13. The Morgan fingerprint density at radius 1 is 0.815 bits per heavy atom. The maximum atomic E-state index is 12.7. The quantitative estimate of drug-likeness (QED) is 0.629. The number of anilines is 2. The molecule has 9 heteroatoms. The lowest BCUT2D eigenvalue weighted by Crippen LogP contribution is -2.15. The van der Waals surface area contributed by atoms with Crippen LogP contribution in [0.3, 0.4) is 0 Å². The van der Waals surface area contributed by atoms with Crippen LogP contribution in [0.2, 0.25) is 0 Å². The van der Waals surface area contributed by atoms with E-state index in [1.807, 2.05) is 13.0 Å². The van der Waals surface area contributed by atoms with Crippen molar-refractivity contribution >= 4 is 42.8 Å². The molecule has 0 saturated heterocycles. The Labute approximate surface area is 163 Å². The molecule has 0 bridgehead atoms. The molecule has 0 aliphatic rings. The minimum Gasteiger partial charge on any atom is -0.280 e. The Balaban J connectivity index is 1.93. The van der Waals surface area contributed by atoms with Crippen molar-refractivity contribution in [2.24, 2.45) is 0 Å². The molecule has 6 nitrogen and oxygen atoms in total. The molecule has 0 radical (unpaired) electrons. The highest BCUT2D eigenvalue weighted by molar-refractivity contribution is 7.94. The van der Waals surface area contributed by atoms with Crippen molar-refractivity contribution in [3.05, 3.63) is 71.1 Å². The van der Waals surface area contributed by atoms with Gasteiger partial charge in [-0.3, -0.25) is 9.44 Å². The molecular formula is C18H18N2O4S3. The van der Waals surface area contributed by atoms with Gasteiger partial charge in [0.15, 0.2) is 0 Å². The zero-order chi connectivity index (χ0) is 19.7. The number of aryl methyl sites for hydroxylation is 2. The third-order valence-electron chi connectivity index (χ3n) is 3.79. The predicted molar refractivity (Wildman–Crippen MR) is 108 cm³/mol. The summed E-state index contributed by atoms with van der Waals surface area (Å²) in [6, 6.07) is 14.4. The standard InChI is InChI=1S/C18H18N2O4S3/c1-13-5-3-6-15(11-13)19-26(21,22)16-9-8-14(2)17(12-16)20-27(23,24)18-7-4-10-25-18/h3-12,19-20H,1-2H3.